The topological polar surface area (TPSA) is 51.8 Å². The Labute approximate surface area is 287 Å². The van der Waals surface area contributed by atoms with E-state index in [1.54, 1.807) is 5.57 Å². The van der Waals surface area contributed by atoms with Crippen molar-refractivity contribution >= 4 is 10.9 Å². The Bertz CT molecular complexity index is 1940. The average Bonchev–Trinajstić information content (AvgIpc) is 3.58. The third-order valence-corrected chi connectivity index (χ3v) is 16.0. The lowest BCUT2D eigenvalue weighted by atomic mass is 9.33. The molecule has 0 N–H and O–H groups in total. The molecule has 0 radical (unpaired) electrons. The van der Waals surface area contributed by atoms with Gasteiger partial charge in [-0.25, -0.2) is 0 Å². The molecule has 0 saturated heterocycles. The summed E-state index contributed by atoms with van der Waals surface area (Å²) in [6, 6.07) is 21.6. The summed E-state index contributed by atoms with van der Waals surface area (Å²) >= 11 is 0. The number of aromatic nitrogens is 3. The molecule has 4 nitrogen and oxygen atoms in total. The van der Waals surface area contributed by atoms with Gasteiger partial charge in [0.25, 0.3) is 0 Å². The normalized spacial score (nSPS) is 39.7. The lowest BCUT2D eigenvalue weighted by Gasteiger charge is -2.71. The SMILES string of the molecule is C[C@H]1[C@H](C)CC[C@]2(c3nnc(-c4ccccc4)o3)CC[C@]3(C)C(=CC[C@@H]4[C@@]5(C)Cc6cc7ccccc7nc6C(C)(C)[C@@H]5CC[C@]43C)[C@H]12. The Balaban J connectivity index is 1.14. The van der Waals surface area contributed by atoms with Crippen molar-refractivity contribution < 1.29 is 4.42 Å². The first-order valence-corrected chi connectivity index (χ1v) is 18.9. The molecular formula is C44H53N3O. The number of hydrogen-bond donors (Lipinski definition) is 0. The van der Waals surface area contributed by atoms with Crippen LogP contribution in [0.25, 0.3) is 22.4 Å². The summed E-state index contributed by atoms with van der Waals surface area (Å²) in [6.45, 7) is 18.1. The maximum absolute atomic E-state index is 6.72. The van der Waals surface area contributed by atoms with E-state index in [9.17, 15) is 0 Å². The standard InChI is InChI=1S/C44H53N3O/c1-27-19-22-44(39-47-46-38(48-39)29-13-9-8-10-14-29)24-23-42(6)32(36(44)28(27)2)17-18-35-41(5)26-31-25-30-15-11-12-16-33(30)45-37(31)40(3,4)34(41)20-21-43(35,42)7/h8-17,25,27-28,34-36H,18-24,26H2,1-7H3/t27-,28+,34+,35-,36+,41+,42-,43-,44+/m1/s1. The third kappa shape index (κ3) is 3.87. The van der Waals surface area contributed by atoms with Crippen molar-refractivity contribution in [1.82, 2.24) is 15.2 Å². The van der Waals surface area contributed by atoms with Crippen LogP contribution in [0.5, 0.6) is 0 Å². The van der Waals surface area contributed by atoms with Gasteiger partial charge in [-0.15, -0.1) is 10.2 Å². The van der Waals surface area contributed by atoms with E-state index in [2.05, 4.69) is 114 Å². The van der Waals surface area contributed by atoms with Gasteiger partial charge in [0, 0.05) is 16.4 Å². The summed E-state index contributed by atoms with van der Waals surface area (Å²) in [5.74, 6) is 4.50. The second kappa shape index (κ2) is 10.1. The zero-order valence-corrected chi connectivity index (χ0v) is 30.1. The second-order valence-corrected chi connectivity index (χ2v) is 18.2. The largest absolute Gasteiger partial charge is 0.420 e. The zero-order valence-electron chi connectivity index (χ0n) is 30.1. The number of benzene rings is 2. The average molecular weight is 640 g/mol. The molecule has 0 bridgehead atoms. The molecular weight excluding hydrogens is 587 g/mol. The summed E-state index contributed by atoms with van der Waals surface area (Å²) in [5, 5.41) is 10.8. The number of rotatable bonds is 2. The van der Waals surface area contributed by atoms with Crippen LogP contribution in [0.15, 0.2) is 76.7 Å². The Morgan fingerprint density at radius 2 is 1.56 bits per heavy atom. The molecule has 3 saturated carbocycles. The highest BCUT2D eigenvalue weighted by Crippen LogP contribution is 2.75. The summed E-state index contributed by atoms with van der Waals surface area (Å²) in [6.07, 6.45) is 12.3. The van der Waals surface area contributed by atoms with Crippen LogP contribution >= 0.6 is 0 Å². The van der Waals surface area contributed by atoms with Gasteiger partial charge in [-0.1, -0.05) is 96.5 Å². The Kier molecular flexibility index (Phi) is 6.50. The molecule has 4 aromatic rings. The van der Waals surface area contributed by atoms with Crippen molar-refractivity contribution in [3.63, 3.8) is 0 Å². The molecule has 48 heavy (non-hydrogen) atoms. The molecule has 9 rings (SSSR count). The molecule has 2 aromatic carbocycles. The van der Waals surface area contributed by atoms with Gasteiger partial charge in [0.1, 0.15) is 0 Å². The van der Waals surface area contributed by atoms with Gasteiger partial charge in [0.05, 0.1) is 16.6 Å². The molecule has 0 unspecified atom stereocenters. The van der Waals surface area contributed by atoms with E-state index in [0.717, 1.165) is 36.2 Å². The molecule has 2 heterocycles. The van der Waals surface area contributed by atoms with Crippen LogP contribution in [-0.2, 0) is 17.3 Å². The highest BCUT2D eigenvalue weighted by atomic mass is 16.4. The van der Waals surface area contributed by atoms with E-state index < -0.39 is 0 Å². The fourth-order valence-corrected chi connectivity index (χ4v) is 13.2. The molecule has 0 spiro atoms. The lowest BCUT2D eigenvalue weighted by molar-refractivity contribution is -0.157. The summed E-state index contributed by atoms with van der Waals surface area (Å²) in [4.78, 5) is 5.38. The molecule has 250 valence electrons. The molecule has 9 atom stereocenters. The van der Waals surface area contributed by atoms with Crippen molar-refractivity contribution in [3.8, 4) is 11.5 Å². The zero-order chi connectivity index (χ0) is 33.3. The van der Waals surface area contributed by atoms with Crippen LogP contribution in [0, 0.1) is 45.8 Å². The quantitative estimate of drug-likeness (QED) is 0.205. The number of para-hydroxylation sites is 1. The van der Waals surface area contributed by atoms with Crippen molar-refractivity contribution in [2.24, 2.45) is 45.8 Å². The van der Waals surface area contributed by atoms with Crippen LogP contribution in [0.4, 0.5) is 0 Å². The highest BCUT2D eigenvalue weighted by molar-refractivity contribution is 5.80. The van der Waals surface area contributed by atoms with Crippen molar-refractivity contribution in [1.29, 1.82) is 0 Å². The number of nitrogens with zero attached hydrogens (tertiary/aromatic N) is 3. The lowest BCUT2D eigenvalue weighted by Crippen LogP contribution is -2.65. The summed E-state index contributed by atoms with van der Waals surface area (Å²) < 4.78 is 6.72. The number of pyridine rings is 1. The smallest absolute Gasteiger partial charge is 0.247 e. The van der Waals surface area contributed by atoms with Crippen molar-refractivity contribution in [3.05, 3.63) is 89.5 Å². The number of fused-ring (bicyclic) bond motifs is 9. The molecule has 0 amide bonds. The van der Waals surface area contributed by atoms with Crippen LogP contribution < -0.4 is 0 Å². The van der Waals surface area contributed by atoms with Crippen LogP contribution in [-0.4, -0.2) is 15.2 Å². The molecule has 5 aliphatic carbocycles. The van der Waals surface area contributed by atoms with Crippen molar-refractivity contribution in [2.75, 3.05) is 0 Å². The molecule has 0 aliphatic heterocycles. The minimum absolute atomic E-state index is 0.0437. The Morgan fingerprint density at radius 3 is 2.38 bits per heavy atom. The van der Waals surface area contributed by atoms with Gasteiger partial charge in [-0.2, -0.15) is 0 Å². The first kappa shape index (κ1) is 30.8. The molecule has 3 fully saturated rings. The Hall–Kier alpha value is -3.27. The summed E-state index contributed by atoms with van der Waals surface area (Å²) in [5.41, 5.74) is 7.30. The van der Waals surface area contributed by atoms with E-state index >= 15 is 0 Å². The third-order valence-electron chi connectivity index (χ3n) is 16.0. The predicted octanol–water partition coefficient (Wildman–Crippen LogP) is 10.9. The van der Waals surface area contributed by atoms with Gasteiger partial charge >= 0.3 is 0 Å². The maximum atomic E-state index is 6.72. The van der Waals surface area contributed by atoms with Gasteiger partial charge < -0.3 is 4.42 Å². The Morgan fingerprint density at radius 1 is 0.792 bits per heavy atom. The van der Waals surface area contributed by atoms with E-state index in [0.29, 0.717) is 35.5 Å². The van der Waals surface area contributed by atoms with Gasteiger partial charge in [0.15, 0.2) is 0 Å². The van der Waals surface area contributed by atoms with E-state index in [1.807, 2.05) is 6.07 Å². The molecule has 4 heteroatoms. The molecule has 5 aliphatic rings. The fourth-order valence-electron chi connectivity index (χ4n) is 13.2. The van der Waals surface area contributed by atoms with Gasteiger partial charge in [-0.3, -0.25) is 4.98 Å². The first-order chi connectivity index (χ1) is 22.9. The van der Waals surface area contributed by atoms with Gasteiger partial charge in [0.2, 0.25) is 11.8 Å². The van der Waals surface area contributed by atoms with Gasteiger partial charge in [-0.05, 0) is 127 Å². The van der Waals surface area contributed by atoms with Crippen molar-refractivity contribution in [2.45, 2.75) is 111 Å². The second-order valence-electron chi connectivity index (χ2n) is 18.2. The summed E-state index contributed by atoms with van der Waals surface area (Å²) in [7, 11) is 0. The minimum Gasteiger partial charge on any atom is -0.420 e. The van der Waals surface area contributed by atoms with E-state index in [1.165, 1.54) is 48.7 Å². The van der Waals surface area contributed by atoms with Crippen LogP contribution in [0.1, 0.15) is 111 Å². The van der Waals surface area contributed by atoms with Crippen LogP contribution in [0.2, 0.25) is 0 Å². The predicted molar refractivity (Wildman–Crippen MR) is 193 cm³/mol. The number of allylic oxidation sites excluding steroid dienone is 2. The highest BCUT2D eigenvalue weighted by Gasteiger charge is 2.69. The van der Waals surface area contributed by atoms with Crippen LogP contribution in [0.3, 0.4) is 0 Å². The maximum Gasteiger partial charge on any atom is 0.247 e. The minimum atomic E-state index is -0.0832. The van der Waals surface area contributed by atoms with E-state index in [4.69, 9.17) is 14.5 Å². The first-order valence-electron chi connectivity index (χ1n) is 18.9. The van der Waals surface area contributed by atoms with E-state index in [-0.39, 0.29) is 27.1 Å². The molecule has 2 aromatic heterocycles. The number of hydrogen-bond acceptors (Lipinski definition) is 4. The monoisotopic (exact) mass is 639 g/mol. The fraction of sp³-hybridized carbons (Fsp3) is 0.568.